The van der Waals surface area contributed by atoms with Crippen LogP contribution in [0.4, 0.5) is 0 Å². The number of benzene rings is 4. The molecular weight excluding hydrogens is 1020 g/mol. The number of hydrogen-bond donors (Lipinski definition) is 0. The first-order chi connectivity index (χ1) is 38.6. The fourth-order valence-electron chi connectivity index (χ4n) is 8.99. The van der Waals surface area contributed by atoms with Crippen LogP contribution in [0, 0.1) is 0 Å². The third kappa shape index (κ3) is 31.7. The van der Waals surface area contributed by atoms with Gasteiger partial charge in [-0.1, -0.05) is 145 Å². The molecule has 0 aliphatic heterocycles. The second kappa shape index (κ2) is 42.7. The first-order valence-corrected chi connectivity index (χ1v) is 31.4. The van der Waals surface area contributed by atoms with E-state index < -0.39 is 0 Å². The first kappa shape index (κ1) is 80.0. The zero-order valence-corrected chi connectivity index (χ0v) is 58.0. The molecule has 8 nitrogen and oxygen atoms in total. The van der Waals surface area contributed by atoms with Gasteiger partial charge in [-0.25, -0.2) is 0 Å². The summed E-state index contributed by atoms with van der Waals surface area (Å²) in [6, 6.07) is 34.4. The number of ether oxygens (including phenoxy) is 8. The molecule has 0 heterocycles. The summed E-state index contributed by atoms with van der Waals surface area (Å²) in [5.41, 5.74) is 6.02. The Labute approximate surface area is 507 Å². The minimum Gasteiger partial charge on any atom is -0.488 e. The Hall–Kier alpha value is -4.08. The van der Waals surface area contributed by atoms with Crippen LogP contribution in [0.1, 0.15) is 261 Å². The van der Waals surface area contributed by atoms with E-state index >= 15 is 0 Å². The average Bonchev–Trinajstić information content (AvgIpc) is 4.12. The molecule has 8 heteroatoms. The molecule has 2 unspecified atom stereocenters. The third-order valence-corrected chi connectivity index (χ3v) is 16.8. The maximum atomic E-state index is 6.24. The fraction of sp³-hybridized carbons (Fsp3) is 0.676. The van der Waals surface area contributed by atoms with Crippen LogP contribution < -0.4 is 18.9 Å². The molecule has 2 saturated carbocycles. The van der Waals surface area contributed by atoms with Crippen molar-refractivity contribution >= 4 is 0 Å². The van der Waals surface area contributed by atoms with Crippen molar-refractivity contribution < 1.29 is 37.9 Å². The summed E-state index contributed by atoms with van der Waals surface area (Å²) in [6.07, 6.45) is 18.8. The number of methoxy groups -OCH3 is 4. The summed E-state index contributed by atoms with van der Waals surface area (Å²) in [7, 11) is 13.0. The Morgan fingerprint density at radius 3 is 0.927 bits per heavy atom. The molecule has 2 aliphatic rings. The van der Waals surface area contributed by atoms with Crippen molar-refractivity contribution in [2.24, 2.45) is 0 Å². The molecule has 6 rings (SSSR count). The normalized spacial score (nSPS) is 14.8. The van der Waals surface area contributed by atoms with Crippen LogP contribution in [0.25, 0.3) is 0 Å². The molecule has 4 aromatic rings. The lowest BCUT2D eigenvalue weighted by atomic mass is 9.82. The van der Waals surface area contributed by atoms with Crippen molar-refractivity contribution in [1.29, 1.82) is 0 Å². The summed E-state index contributed by atoms with van der Waals surface area (Å²) < 4.78 is 41.8. The van der Waals surface area contributed by atoms with E-state index in [1.807, 2.05) is 0 Å². The van der Waals surface area contributed by atoms with Gasteiger partial charge in [-0.05, 0) is 224 Å². The molecule has 0 bridgehead atoms. The summed E-state index contributed by atoms with van der Waals surface area (Å²) >= 11 is 0. The lowest BCUT2D eigenvalue weighted by molar-refractivity contribution is 0.0798. The molecule has 472 valence electrons. The van der Waals surface area contributed by atoms with Crippen LogP contribution in [0.2, 0.25) is 0 Å². The van der Waals surface area contributed by atoms with E-state index in [4.69, 9.17) is 18.9 Å². The van der Waals surface area contributed by atoms with Gasteiger partial charge in [0.05, 0.1) is 0 Å². The van der Waals surface area contributed by atoms with Gasteiger partial charge in [0.25, 0.3) is 0 Å². The van der Waals surface area contributed by atoms with Crippen LogP contribution >= 0.6 is 0 Å². The lowest BCUT2D eigenvalue weighted by Gasteiger charge is -2.30. The van der Waals surface area contributed by atoms with Crippen LogP contribution in [0.5, 0.6) is 23.0 Å². The molecule has 4 aromatic carbocycles. The van der Waals surface area contributed by atoms with E-state index in [9.17, 15) is 0 Å². The summed E-state index contributed by atoms with van der Waals surface area (Å²) in [5, 5.41) is 0. The van der Waals surface area contributed by atoms with Gasteiger partial charge in [0.2, 0.25) is 0 Å². The topological polar surface area (TPSA) is 73.8 Å². The molecule has 82 heavy (non-hydrogen) atoms. The molecule has 2 fully saturated rings. The van der Waals surface area contributed by atoms with Crippen LogP contribution in [0.15, 0.2) is 97.1 Å². The lowest BCUT2D eigenvalue weighted by Crippen LogP contribution is -2.30. The maximum Gasteiger partial charge on any atom is 0.120 e. The molecule has 0 aromatic heterocycles. The van der Waals surface area contributed by atoms with Gasteiger partial charge in [0.1, 0.15) is 45.4 Å². The average molecular weight is 1150 g/mol. The Kier molecular flexibility index (Phi) is 41.6. The van der Waals surface area contributed by atoms with Gasteiger partial charge in [0.15, 0.2) is 0 Å². The molecule has 2 aliphatic carbocycles. The van der Waals surface area contributed by atoms with Gasteiger partial charge in [-0.2, -0.15) is 0 Å². The fourth-order valence-corrected chi connectivity index (χ4v) is 8.99. The summed E-state index contributed by atoms with van der Waals surface area (Å²) in [5.74, 6) is 5.32. The Morgan fingerprint density at radius 2 is 0.634 bits per heavy atom. The minimum absolute atomic E-state index is 0.0337. The molecule has 2 atom stereocenters. The standard InChI is InChI=1S/C17H26O.C17H28O.C16H24O.C16H26O.4C2H6O/c1-5-16(2,3)14-9-8-10-15(13-14)18-17(4)11-6-7-12-17;1-7-16(4,5)14-11-10-12-15(13-14)18-17(6,8-2)9-3;1-4-13(2)14-8-7-9-15(12-14)17-16(3)10-5-6-11-16;1-6-13(4)14-10-9-11-15(12-14)17-16(5,7-2)8-3;4*1-3-2/h8-10,13H,5-7,11-12H2,1-4H3;10-13H,7-9H2,1-6H3;7-9,12-13H,4-6,10-11H2,1-3H3;9-13H,6-8H2,1-5H3;4*1-2H3. The molecule has 0 N–H and O–H groups in total. The van der Waals surface area contributed by atoms with Gasteiger partial charge >= 0.3 is 0 Å². The van der Waals surface area contributed by atoms with Crippen molar-refractivity contribution in [1.82, 2.24) is 0 Å². The van der Waals surface area contributed by atoms with E-state index in [0.717, 1.165) is 61.5 Å². The van der Waals surface area contributed by atoms with E-state index in [1.165, 1.54) is 86.5 Å². The van der Waals surface area contributed by atoms with Crippen molar-refractivity contribution in [2.75, 3.05) is 56.9 Å². The molecule has 0 radical (unpaired) electrons. The SMILES string of the molecule is CCC(C)(C)c1cccc(OC2(C)CCCC2)c1.CCC(C)(CC)Oc1cccc(C(C)(C)CC)c1.CCC(C)c1cccc(OC(C)(CC)CC)c1.CCC(C)c1cccc(OC2(C)CCCC2)c1.COC.COC.COC.COC. The molecule has 0 saturated heterocycles. The van der Waals surface area contributed by atoms with E-state index in [0.29, 0.717) is 11.8 Å². The van der Waals surface area contributed by atoms with Gasteiger partial charge in [-0.15, -0.1) is 0 Å². The predicted molar refractivity (Wildman–Crippen MR) is 356 cm³/mol. The highest BCUT2D eigenvalue weighted by atomic mass is 16.5. The minimum atomic E-state index is -0.0466. The largest absolute Gasteiger partial charge is 0.488 e. The number of hydrogen-bond acceptors (Lipinski definition) is 8. The van der Waals surface area contributed by atoms with Crippen molar-refractivity contribution in [3.8, 4) is 23.0 Å². The number of rotatable bonds is 20. The van der Waals surface area contributed by atoms with Crippen molar-refractivity contribution in [2.45, 2.75) is 272 Å². The van der Waals surface area contributed by atoms with Gasteiger partial charge in [-0.3, -0.25) is 0 Å². The highest BCUT2D eigenvalue weighted by Gasteiger charge is 2.32. The molecule has 0 spiro atoms. The van der Waals surface area contributed by atoms with Crippen molar-refractivity contribution in [3.05, 3.63) is 119 Å². The highest BCUT2D eigenvalue weighted by Crippen LogP contribution is 2.38. The monoisotopic (exact) mass is 1140 g/mol. The first-order valence-electron chi connectivity index (χ1n) is 31.4. The van der Waals surface area contributed by atoms with Crippen LogP contribution in [0.3, 0.4) is 0 Å². The second-order valence-electron chi connectivity index (χ2n) is 25.0. The Bertz CT molecular complexity index is 2030. The Balaban J connectivity index is 0. The van der Waals surface area contributed by atoms with Crippen molar-refractivity contribution in [3.63, 3.8) is 0 Å². The zero-order chi connectivity index (χ0) is 63.1. The van der Waals surface area contributed by atoms with E-state index in [2.05, 4.69) is 241 Å². The zero-order valence-electron chi connectivity index (χ0n) is 58.0. The quantitative estimate of drug-likeness (QED) is 0.0867. The van der Waals surface area contributed by atoms with Crippen LogP contribution in [-0.2, 0) is 29.8 Å². The van der Waals surface area contributed by atoms with Crippen LogP contribution in [-0.4, -0.2) is 79.3 Å². The smallest absolute Gasteiger partial charge is 0.120 e. The molecular formula is C74H128O8. The second-order valence-corrected chi connectivity index (χ2v) is 25.0. The predicted octanol–water partition coefficient (Wildman–Crippen LogP) is 21.5. The van der Waals surface area contributed by atoms with Gasteiger partial charge in [0, 0.05) is 56.9 Å². The van der Waals surface area contributed by atoms with E-state index in [-0.39, 0.29) is 33.2 Å². The maximum absolute atomic E-state index is 6.24. The third-order valence-electron chi connectivity index (χ3n) is 16.8. The molecule has 0 amide bonds. The summed E-state index contributed by atoms with van der Waals surface area (Å²) in [6.45, 7) is 40.2. The highest BCUT2D eigenvalue weighted by molar-refractivity contribution is 5.35. The van der Waals surface area contributed by atoms with E-state index in [1.54, 1.807) is 56.9 Å². The summed E-state index contributed by atoms with van der Waals surface area (Å²) in [4.78, 5) is 0. The van der Waals surface area contributed by atoms with Gasteiger partial charge < -0.3 is 37.9 Å². The Morgan fingerprint density at radius 1 is 0.378 bits per heavy atom.